The summed E-state index contributed by atoms with van der Waals surface area (Å²) in [5.41, 5.74) is 5.57. The summed E-state index contributed by atoms with van der Waals surface area (Å²) in [6, 6.07) is 1.59. The molecule has 0 aliphatic carbocycles. The maximum atomic E-state index is 8.96. The van der Waals surface area contributed by atoms with Gasteiger partial charge in [0.1, 0.15) is 10.4 Å². The Morgan fingerprint density at radius 1 is 1.64 bits per heavy atom. The third kappa shape index (κ3) is 2.55. The molecule has 0 aliphatic rings. The van der Waals surface area contributed by atoms with Crippen LogP contribution in [0.4, 0.5) is 11.8 Å². The minimum Gasteiger partial charge on any atom is -0.394 e. The van der Waals surface area contributed by atoms with E-state index in [1.165, 1.54) is 0 Å². The molecular weight excluding hydrogens is 248 g/mol. The minimum absolute atomic E-state index is 0.0382. The van der Waals surface area contributed by atoms with Gasteiger partial charge in [0.2, 0.25) is 5.95 Å². The van der Waals surface area contributed by atoms with E-state index in [1.807, 2.05) is 14.0 Å². The third-order valence-electron chi connectivity index (χ3n) is 1.94. The molecule has 1 rings (SSSR count). The molecule has 1 aromatic rings. The molecule has 0 aromatic carbocycles. The molecule has 0 amide bonds. The number of aromatic nitrogens is 2. The first kappa shape index (κ1) is 11.2. The fourth-order valence-electron chi connectivity index (χ4n) is 0.900. The molecule has 0 radical (unpaired) electrons. The second kappa shape index (κ2) is 4.56. The molecule has 0 aliphatic heterocycles. The topological polar surface area (TPSA) is 75.3 Å². The first-order chi connectivity index (χ1) is 6.54. The number of halogens is 1. The van der Waals surface area contributed by atoms with Crippen molar-refractivity contribution in [2.75, 3.05) is 24.3 Å². The zero-order valence-electron chi connectivity index (χ0n) is 8.11. The van der Waals surface area contributed by atoms with Gasteiger partial charge < -0.3 is 15.7 Å². The first-order valence-electron chi connectivity index (χ1n) is 4.18. The highest BCUT2D eigenvalue weighted by molar-refractivity contribution is 9.10. The zero-order chi connectivity index (χ0) is 10.7. The summed E-state index contributed by atoms with van der Waals surface area (Å²) in [6.45, 7) is 1.92. The van der Waals surface area contributed by atoms with Crippen molar-refractivity contribution >= 4 is 27.7 Å². The minimum atomic E-state index is -0.0382. The number of hydrogen-bond donors (Lipinski definition) is 2. The molecule has 1 atom stereocenters. The van der Waals surface area contributed by atoms with Gasteiger partial charge in [-0.1, -0.05) is 0 Å². The van der Waals surface area contributed by atoms with E-state index in [1.54, 1.807) is 11.0 Å². The van der Waals surface area contributed by atoms with Crippen molar-refractivity contribution in [3.05, 3.63) is 10.7 Å². The zero-order valence-corrected chi connectivity index (χ0v) is 9.69. The Bertz CT molecular complexity index is 300. The number of nitrogens with zero attached hydrogens (tertiary/aromatic N) is 3. The predicted octanol–water partition coefficient (Wildman–Crippen LogP) is 0.638. The van der Waals surface area contributed by atoms with Crippen LogP contribution in [0.1, 0.15) is 6.92 Å². The Morgan fingerprint density at radius 3 is 2.79 bits per heavy atom. The predicted molar refractivity (Wildman–Crippen MR) is 59.1 cm³/mol. The van der Waals surface area contributed by atoms with Crippen LogP contribution in [0.3, 0.4) is 0 Å². The number of aliphatic hydroxyl groups excluding tert-OH is 1. The maximum Gasteiger partial charge on any atom is 0.228 e. The van der Waals surface area contributed by atoms with Gasteiger partial charge in [-0.15, -0.1) is 0 Å². The maximum absolute atomic E-state index is 8.96. The van der Waals surface area contributed by atoms with Gasteiger partial charge >= 0.3 is 0 Å². The van der Waals surface area contributed by atoms with Crippen LogP contribution >= 0.6 is 15.9 Å². The van der Waals surface area contributed by atoms with Gasteiger partial charge in [0.15, 0.2) is 0 Å². The first-order valence-corrected chi connectivity index (χ1v) is 4.97. The number of hydrogen-bond acceptors (Lipinski definition) is 5. The quantitative estimate of drug-likeness (QED) is 0.781. The van der Waals surface area contributed by atoms with E-state index in [4.69, 9.17) is 10.8 Å². The van der Waals surface area contributed by atoms with E-state index in [-0.39, 0.29) is 12.6 Å². The SMILES string of the molecule is CC(CO)N(C)c1nc(N)cc(Br)n1. The normalized spacial score (nSPS) is 12.6. The monoisotopic (exact) mass is 260 g/mol. The standard InChI is InChI=1S/C8H13BrN4O/c1-5(4-14)13(2)8-11-6(9)3-7(10)12-8/h3,5,14H,4H2,1-2H3,(H2,10,11,12). The van der Waals surface area contributed by atoms with Crippen molar-refractivity contribution in [1.82, 2.24) is 9.97 Å². The Morgan fingerprint density at radius 2 is 2.29 bits per heavy atom. The summed E-state index contributed by atoms with van der Waals surface area (Å²) in [5.74, 6) is 0.900. The molecule has 0 bridgehead atoms. The summed E-state index contributed by atoms with van der Waals surface area (Å²) < 4.78 is 0.636. The Balaban J connectivity index is 2.94. The van der Waals surface area contributed by atoms with Crippen LogP contribution in [0.2, 0.25) is 0 Å². The molecule has 0 saturated carbocycles. The summed E-state index contributed by atoms with van der Waals surface area (Å²) >= 11 is 3.23. The number of anilines is 2. The van der Waals surface area contributed by atoms with Crippen molar-refractivity contribution in [3.63, 3.8) is 0 Å². The lowest BCUT2D eigenvalue weighted by Gasteiger charge is -2.23. The molecule has 1 aromatic heterocycles. The second-order valence-electron chi connectivity index (χ2n) is 3.06. The molecular formula is C8H13BrN4O. The van der Waals surface area contributed by atoms with E-state index in [0.29, 0.717) is 16.4 Å². The van der Waals surface area contributed by atoms with Crippen LogP contribution in [-0.4, -0.2) is 34.8 Å². The van der Waals surface area contributed by atoms with Gasteiger partial charge in [-0.2, -0.15) is 4.98 Å². The van der Waals surface area contributed by atoms with Crippen LogP contribution < -0.4 is 10.6 Å². The number of aliphatic hydroxyl groups is 1. The van der Waals surface area contributed by atoms with Crippen molar-refractivity contribution < 1.29 is 5.11 Å². The highest BCUT2D eigenvalue weighted by Crippen LogP contribution is 2.16. The third-order valence-corrected chi connectivity index (χ3v) is 2.35. The Hall–Kier alpha value is -0.880. The summed E-state index contributed by atoms with van der Waals surface area (Å²) in [5, 5.41) is 8.96. The molecule has 1 unspecified atom stereocenters. The summed E-state index contributed by atoms with van der Waals surface area (Å²) in [4.78, 5) is 9.96. The smallest absolute Gasteiger partial charge is 0.228 e. The molecule has 6 heteroatoms. The van der Waals surface area contributed by atoms with E-state index in [0.717, 1.165) is 0 Å². The van der Waals surface area contributed by atoms with Gasteiger partial charge in [0.25, 0.3) is 0 Å². The van der Waals surface area contributed by atoms with E-state index in [9.17, 15) is 0 Å². The summed E-state index contributed by atoms with van der Waals surface area (Å²) in [6.07, 6.45) is 0. The molecule has 78 valence electrons. The number of likely N-dealkylation sites (N-methyl/N-ethyl adjacent to an activating group) is 1. The van der Waals surface area contributed by atoms with Gasteiger partial charge in [-0.05, 0) is 22.9 Å². The van der Waals surface area contributed by atoms with Crippen molar-refractivity contribution in [2.24, 2.45) is 0 Å². The Labute approximate surface area is 91.1 Å². The number of rotatable bonds is 3. The summed E-state index contributed by atoms with van der Waals surface area (Å²) in [7, 11) is 1.81. The molecule has 14 heavy (non-hydrogen) atoms. The number of nitrogen functional groups attached to an aromatic ring is 1. The molecule has 0 spiro atoms. The highest BCUT2D eigenvalue weighted by atomic mass is 79.9. The van der Waals surface area contributed by atoms with Crippen molar-refractivity contribution in [3.8, 4) is 0 Å². The number of nitrogens with two attached hydrogens (primary N) is 1. The van der Waals surface area contributed by atoms with Gasteiger partial charge in [0, 0.05) is 13.1 Å². The highest BCUT2D eigenvalue weighted by Gasteiger charge is 2.12. The average molecular weight is 261 g/mol. The van der Waals surface area contributed by atoms with E-state index < -0.39 is 0 Å². The van der Waals surface area contributed by atoms with Crippen LogP contribution in [0, 0.1) is 0 Å². The largest absolute Gasteiger partial charge is 0.394 e. The van der Waals surface area contributed by atoms with Gasteiger partial charge in [0.05, 0.1) is 12.6 Å². The van der Waals surface area contributed by atoms with E-state index in [2.05, 4.69) is 25.9 Å². The van der Waals surface area contributed by atoms with Gasteiger partial charge in [-0.25, -0.2) is 4.98 Å². The lowest BCUT2D eigenvalue weighted by atomic mass is 10.3. The molecule has 0 saturated heterocycles. The van der Waals surface area contributed by atoms with Gasteiger partial charge in [-0.3, -0.25) is 0 Å². The molecule has 0 fully saturated rings. The van der Waals surface area contributed by atoms with Crippen LogP contribution in [-0.2, 0) is 0 Å². The fraction of sp³-hybridized carbons (Fsp3) is 0.500. The lowest BCUT2D eigenvalue weighted by Crippen LogP contribution is -2.33. The van der Waals surface area contributed by atoms with Crippen LogP contribution in [0.15, 0.2) is 10.7 Å². The molecule has 3 N–H and O–H groups in total. The van der Waals surface area contributed by atoms with Crippen molar-refractivity contribution in [1.29, 1.82) is 0 Å². The van der Waals surface area contributed by atoms with E-state index >= 15 is 0 Å². The second-order valence-corrected chi connectivity index (χ2v) is 3.87. The molecule has 5 nitrogen and oxygen atoms in total. The fourth-order valence-corrected chi connectivity index (χ4v) is 1.29. The lowest BCUT2D eigenvalue weighted by molar-refractivity contribution is 0.269. The van der Waals surface area contributed by atoms with Crippen LogP contribution in [0.5, 0.6) is 0 Å². The van der Waals surface area contributed by atoms with Crippen LogP contribution in [0.25, 0.3) is 0 Å². The van der Waals surface area contributed by atoms with Crippen molar-refractivity contribution in [2.45, 2.75) is 13.0 Å². The Kier molecular flexibility index (Phi) is 3.65. The molecule has 1 heterocycles. The average Bonchev–Trinajstić information content (AvgIpc) is 2.14.